The number of aryl methyl sites for hydroxylation is 1. The Hall–Kier alpha value is -3.84. The Kier molecular flexibility index (Phi) is 6.84. The largest absolute Gasteiger partial charge is 0.497 e. The van der Waals surface area contributed by atoms with Crippen LogP contribution in [0.4, 0.5) is 4.39 Å². The lowest BCUT2D eigenvalue weighted by Crippen LogP contribution is -2.17. The van der Waals surface area contributed by atoms with Gasteiger partial charge in [0.05, 0.1) is 20.8 Å². The predicted molar refractivity (Wildman–Crippen MR) is 129 cm³/mol. The second-order valence-corrected chi connectivity index (χ2v) is 8.11. The molecule has 0 saturated carbocycles. The average Bonchev–Trinajstić information content (AvgIpc) is 3.13. The third-order valence-corrected chi connectivity index (χ3v) is 5.93. The summed E-state index contributed by atoms with van der Waals surface area (Å²) in [6, 6.07) is 17.8. The Morgan fingerprint density at radius 2 is 1.79 bits per heavy atom. The first-order valence-electron chi connectivity index (χ1n) is 10.9. The van der Waals surface area contributed by atoms with Crippen molar-refractivity contribution in [1.29, 1.82) is 0 Å². The van der Waals surface area contributed by atoms with Crippen LogP contribution in [0.5, 0.6) is 11.5 Å². The summed E-state index contributed by atoms with van der Waals surface area (Å²) in [5, 5.41) is 14.3. The summed E-state index contributed by atoms with van der Waals surface area (Å²) in [7, 11) is 3.19. The summed E-state index contributed by atoms with van der Waals surface area (Å²) in [6.45, 7) is 2.87. The maximum Gasteiger partial charge on any atom is 0.352 e. The van der Waals surface area contributed by atoms with Crippen LogP contribution in [0.25, 0.3) is 10.9 Å². The van der Waals surface area contributed by atoms with E-state index in [0.29, 0.717) is 35.7 Å². The van der Waals surface area contributed by atoms with Crippen molar-refractivity contribution < 1.29 is 23.8 Å². The van der Waals surface area contributed by atoms with Gasteiger partial charge in [-0.15, -0.1) is 0 Å². The van der Waals surface area contributed by atoms with Gasteiger partial charge < -0.3 is 24.5 Å². The smallest absolute Gasteiger partial charge is 0.352 e. The van der Waals surface area contributed by atoms with E-state index in [4.69, 9.17) is 9.47 Å². The Morgan fingerprint density at radius 3 is 2.50 bits per heavy atom. The SMILES string of the molecule is COc1ccc(CNCc2c(C(=O)O)n(Cc3ccccc3F)c3cc(C)ccc23)c(OC)c1. The van der Waals surface area contributed by atoms with Crippen LogP contribution in [0.15, 0.2) is 60.7 Å². The monoisotopic (exact) mass is 462 g/mol. The number of aromatic nitrogens is 1. The molecule has 0 fully saturated rings. The van der Waals surface area contributed by atoms with Crippen molar-refractivity contribution >= 4 is 16.9 Å². The average molecular weight is 463 g/mol. The zero-order chi connectivity index (χ0) is 24.2. The lowest BCUT2D eigenvalue weighted by atomic mass is 10.1. The maximum absolute atomic E-state index is 14.4. The number of rotatable bonds is 9. The zero-order valence-electron chi connectivity index (χ0n) is 19.4. The highest BCUT2D eigenvalue weighted by Gasteiger charge is 2.23. The minimum Gasteiger partial charge on any atom is -0.497 e. The third kappa shape index (κ3) is 4.61. The van der Waals surface area contributed by atoms with Gasteiger partial charge in [0.25, 0.3) is 0 Å². The first-order chi connectivity index (χ1) is 16.4. The fourth-order valence-electron chi connectivity index (χ4n) is 4.24. The number of hydrogen-bond acceptors (Lipinski definition) is 4. The lowest BCUT2D eigenvalue weighted by Gasteiger charge is -2.12. The fourth-order valence-corrected chi connectivity index (χ4v) is 4.24. The molecule has 176 valence electrons. The van der Waals surface area contributed by atoms with Gasteiger partial charge in [0.2, 0.25) is 0 Å². The molecule has 0 aliphatic heterocycles. The number of hydrogen-bond donors (Lipinski definition) is 2. The van der Waals surface area contributed by atoms with Gasteiger partial charge in [0.15, 0.2) is 0 Å². The molecule has 34 heavy (non-hydrogen) atoms. The summed E-state index contributed by atoms with van der Waals surface area (Å²) < 4.78 is 26.8. The molecule has 1 heterocycles. The second-order valence-electron chi connectivity index (χ2n) is 8.11. The normalized spacial score (nSPS) is 11.1. The van der Waals surface area contributed by atoms with Crippen molar-refractivity contribution in [2.24, 2.45) is 0 Å². The van der Waals surface area contributed by atoms with Crippen molar-refractivity contribution in [2.75, 3.05) is 14.2 Å². The number of aromatic carboxylic acids is 1. The third-order valence-electron chi connectivity index (χ3n) is 5.93. The van der Waals surface area contributed by atoms with Crippen molar-refractivity contribution in [1.82, 2.24) is 9.88 Å². The molecule has 0 radical (unpaired) electrons. The van der Waals surface area contributed by atoms with E-state index < -0.39 is 5.97 Å². The number of carboxylic acids is 1. The molecule has 1 aromatic heterocycles. The van der Waals surface area contributed by atoms with E-state index in [2.05, 4.69) is 5.32 Å². The van der Waals surface area contributed by atoms with Crippen LogP contribution in [0.1, 0.15) is 32.7 Å². The molecular weight excluding hydrogens is 435 g/mol. The number of methoxy groups -OCH3 is 2. The summed E-state index contributed by atoms with van der Waals surface area (Å²) >= 11 is 0. The topological polar surface area (TPSA) is 72.7 Å². The molecule has 6 nitrogen and oxygen atoms in total. The van der Waals surface area contributed by atoms with Gasteiger partial charge in [-0.25, -0.2) is 9.18 Å². The molecule has 0 amide bonds. The summed E-state index contributed by atoms with van der Waals surface area (Å²) in [6.07, 6.45) is 0. The summed E-state index contributed by atoms with van der Waals surface area (Å²) in [4.78, 5) is 12.4. The minimum atomic E-state index is -1.05. The Labute approximate surface area is 197 Å². The maximum atomic E-state index is 14.4. The van der Waals surface area contributed by atoms with Gasteiger partial charge in [-0.1, -0.05) is 36.4 Å². The highest BCUT2D eigenvalue weighted by Crippen LogP contribution is 2.30. The number of fused-ring (bicyclic) bond motifs is 1. The van der Waals surface area contributed by atoms with Gasteiger partial charge in [-0.3, -0.25) is 0 Å². The Morgan fingerprint density at radius 1 is 1.00 bits per heavy atom. The second kappa shape index (κ2) is 9.97. The minimum absolute atomic E-state index is 0.126. The number of benzene rings is 3. The molecule has 2 N–H and O–H groups in total. The van der Waals surface area contributed by atoms with Gasteiger partial charge in [0.1, 0.15) is 23.0 Å². The number of nitrogens with zero attached hydrogens (tertiary/aromatic N) is 1. The molecule has 7 heteroatoms. The highest BCUT2D eigenvalue weighted by atomic mass is 19.1. The Bertz CT molecular complexity index is 1350. The number of carboxylic acid groups (broad SMARTS) is 1. The van der Waals surface area contributed by atoms with Crippen LogP contribution in [-0.2, 0) is 19.6 Å². The van der Waals surface area contributed by atoms with Crippen LogP contribution < -0.4 is 14.8 Å². The molecule has 4 aromatic rings. The standard InChI is InChI=1S/C27H27FN2O4/c1-17-8-11-21-22(15-29-14-18-9-10-20(33-2)13-25(18)34-3)26(27(31)32)30(24(21)12-17)16-19-6-4-5-7-23(19)28/h4-13,29H,14-16H2,1-3H3,(H,31,32). The van der Waals surface area contributed by atoms with E-state index >= 15 is 0 Å². The molecule has 0 aliphatic carbocycles. The van der Waals surface area contributed by atoms with Crippen molar-refractivity contribution in [3.8, 4) is 11.5 Å². The zero-order valence-corrected chi connectivity index (χ0v) is 19.4. The first-order valence-corrected chi connectivity index (χ1v) is 10.9. The highest BCUT2D eigenvalue weighted by molar-refractivity contribution is 5.98. The molecular formula is C27H27FN2O4. The van der Waals surface area contributed by atoms with Gasteiger partial charge in [-0.05, 0) is 30.7 Å². The molecule has 4 rings (SSSR count). The van der Waals surface area contributed by atoms with E-state index in [1.807, 2.05) is 43.3 Å². The molecule has 0 spiro atoms. The molecule has 0 bridgehead atoms. The van der Waals surface area contributed by atoms with E-state index in [0.717, 1.165) is 22.0 Å². The number of carbonyl (C=O) groups is 1. The number of ether oxygens (including phenoxy) is 2. The van der Waals surface area contributed by atoms with Crippen LogP contribution >= 0.6 is 0 Å². The number of halogens is 1. The number of nitrogens with one attached hydrogen (secondary N) is 1. The van der Waals surface area contributed by atoms with Crippen LogP contribution in [-0.4, -0.2) is 29.9 Å². The van der Waals surface area contributed by atoms with Crippen molar-refractivity contribution in [2.45, 2.75) is 26.6 Å². The predicted octanol–water partition coefficient (Wildman–Crippen LogP) is 5.14. The quantitative estimate of drug-likeness (QED) is 0.360. The molecule has 0 saturated heterocycles. The summed E-state index contributed by atoms with van der Waals surface area (Å²) in [5.74, 6) is -0.0353. The molecule has 0 unspecified atom stereocenters. The van der Waals surface area contributed by atoms with E-state index in [9.17, 15) is 14.3 Å². The van der Waals surface area contributed by atoms with Crippen LogP contribution in [0.2, 0.25) is 0 Å². The lowest BCUT2D eigenvalue weighted by molar-refractivity contribution is 0.0684. The Balaban J connectivity index is 1.71. The van der Waals surface area contributed by atoms with Crippen LogP contribution in [0.3, 0.4) is 0 Å². The van der Waals surface area contributed by atoms with Crippen LogP contribution in [0, 0.1) is 12.7 Å². The molecule has 3 aromatic carbocycles. The van der Waals surface area contributed by atoms with Gasteiger partial charge in [0, 0.05) is 46.7 Å². The van der Waals surface area contributed by atoms with Crippen molar-refractivity contribution in [3.05, 3.63) is 94.4 Å². The fraction of sp³-hybridized carbons (Fsp3) is 0.222. The van der Waals surface area contributed by atoms with Crippen molar-refractivity contribution in [3.63, 3.8) is 0 Å². The van der Waals surface area contributed by atoms with Gasteiger partial charge in [-0.2, -0.15) is 0 Å². The van der Waals surface area contributed by atoms with E-state index in [-0.39, 0.29) is 18.1 Å². The van der Waals surface area contributed by atoms with E-state index in [1.54, 1.807) is 37.0 Å². The first kappa shape index (κ1) is 23.3. The molecule has 0 atom stereocenters. The molecule has 0 aliphatic rings. The van der Waals surface area contributed by atoms with E-state index in [1.165, 1.54) is 6.07 Å². The van der Waals surface area contributed by atoms with Gasteiger partial charge >= 0.3 is 5.97 Å². The summed E-state index contributed by atoms with van der Waals surface area (Å²) in [5.41, 5.74) is 3.93.